The van der Waals surface area contributed by atoms with Gasteiger partial charge in [0.2, 0.25) is 0 Å². The molecular weight excluding hydrogens is 363 g/mol. The van der Waals surface area contributed by atoms with Gasteiger partial charge in [-0.15, -0.1) is 0 Å². The smallest absolute Gasteiger partial charge is 0.494 e. The Balaban J connectivity index is 2.05. The molecule has 152 valence electrons. The van der Waals surface area contributed by atoms with Crippen molar-refractivity contribution in [1.82, 2.24) is 0 Å². The lowest BCUT2D eigenvalue weighted by atomic mass is 9.73. The molecule has 0 unspecified atom stereocenters. The van der Waals surface area contributed by atoms with Crippen molar-refractivity contribution >= 4 is 22.4 Å². The second kappa shape index (κ2) is 7.76. The van der Waals surface area contributed by atoms with Gasteiger partial charge in [-0.2, -0.15) is 0 Å². The zero-order valence-corrected chi connectivity index (χ0v) is 18.7. The highest BCUT2D eigenvalue weighted by atomic mass is 32.2. The second-order valence-electron chi connectivity index (χ2n) is 8.68. The standard InChI is InChI=1S/C20H33BO5S/c1-14(2)27(22,23)11-9-10-24-17-12-15(3)18(16(4)13-17)21-25-19(5,6)20(7,8)26-21/h12-14H,9-11H2,1-8H3. The van der Waals surface area contributed by atoms with E-state index in [1.807, 2.05) is 53.7 Å². The second-order valence-corrected chi connectivity index (χ2v) is 11.4. The third kappa shape index (κ3) is 4.87. The van der Waals surface area contributed by atoms with E-state index >= 15 is 0 Å². The van der Waals surface area contributed by atoms with E-state index in [0.717, 1.165) is 22.3 Å². The Hall–Kier alpha value is -1.05. The first-order valence-electron chi connectivity index (χ1n) is 9.58. The SMILES string of the molecule is Cc1cc(OCCCS(=O)(=O)C(C)C)cc(C)c1B1OC(C)(C)C(C)(C)O1. The molecule has 2 rings (SSSR count). The average Bonchev–Trinajstić information content (AvgIpc) is 2.70. The number of aryl methyl sites for hydroxylation is 2. The van der Waals surface area contributed by atoms with E-state index in [-0.39, 0.29) is 22.2 Å². The lowest BCUT2D eigenvalue weighted by Gasteiger charge is -2.32. The number of rotatable bonds is 7. The largest absolute Gasteiger partial charge is 0.495 e. The minimum absolute atomic E-state index is 0.147. The highest BCUT2D eigenvalue weighted by Gasteiger charge is 2.52. The summed E-state index contributed by atoms with van der Waals surface area (Å²) in [6.45, 7) is 16.0. The molecule has 1 aliphatic rings. The Morgan fingerprint density at radius 3 is 1.96 bits per heavy atom. The van der Waals surface area contributed by atoms with Crippen LogP contribution in [0.1, 0.15) is 59.1 Å². The summed E-state index contributed by atoms with van der Waals surface area (Å²) >= 11 is 0. The highest BCUT2D eigenvalue weighted by molar-refractivity contribution is 7.91. The van der Waals surface area contributed by atoms with E-state index in [2.05, 4.69) is 0 Å². The Kier molecular flexibility index (Phi) is 6.39. The van der Waals surface area contributed by atoms with Crippen LogP contribution >= 0.6 is 0 Å². The van der Waals surface area contributed by atoms with Crippen molar-refractivity contribution < 1.29 is 22.5 Å². The fourth-order valence-electron chi connectivity index (χ4n) is 3.04. The maximum Gasteiger partial charge on any atom is 0.495 e. The van der Waals surface area contributed by atoms with Crippen LogP contribution < -0.4 is 10.2 Å². The van der Waals surface area contributed by atoms with Gasteiger partial charge in [0.1, 0.15) is 5.75 Å². The van der Waals surface area contributed by atoms with Gasteiger partial charge in [0.05, 0.1) is 28.8 Å². The van der Waals surface area contributed by atoms with E-state index < -0.39 is 17.0 Å². The Morgan fingerprint density at radius 2 is 1.52 bits per heavy atom. The van der Waals surface area contributed by atoms with Gasteiger partial charge in [0.25, 0.3) is 0 Å². The van der Waals surface area contributed by atoms with Crippen molar-refractivity contribution in [3.63, 3.8) is 0 Å². The molecule has 1 aromatic carbocycles. The van der Waals surface area contributed by atoms with Crippen LogP contribution in [-0.4, -0.2) is 44.3 Å². The van der Waals surface area contributed by atoms with Crippen LogP contribution in [0.5, 0.6) is 5.75 Å². The monoisotopic (exact) mass is 396 g/mol. The maximum absolute atomic E-state index is 11.9. The molecule has 0 atom stereocenters. The molecule has 1 fully saturated rings. The van der Waals surface area contributed by atoms with Gasteiger partial charge in [-0.1, -0.05) is 0 Å². The molecule has 7 heteroatoms. The van der Waals surface area contributed by atoms with Gasteiger partial charge in [0, 0.05) is 0 Å². The molecule has 0 aromatic heterocycles. The maximum atomic E-state index is 11.9. The molecule has 1 aliphatic heterocycles. The molecule has 0 radical (unpaired) electrons. The van der Waals surface area contributed by atoms with Gasteiger partial charge in [0.15, 0.2) is 9.84 Å². The van der Waals surface area contributed by atoms with Crippen LogP contribution in [0.25, 0.3) is 0 Å². The van der Waals surface area contributed by atoms with Crippen LogP contribution in [-0.2, 0) is 19.1 Å². The Morgan fingerprint density at radius 1 is 1.04 bits per heavy atom. The van der Waals surface area contributed by atoms with Gasteiger partial charge < -0.3 is 14.0 Å². The first kappa shape index (κ1) is 22.2. The van der Waals surface area contributed by atoms with Crippen LogP contribution in [0.15, 0.2) is 12.1 Å². The van der Waals surface area contributed by atoms with Crippen LogP contribution in [0.2, 0.25) is 0 Å². The Bertz CT molecular complexity index is 745. The summed E-state index contributed by atoms with van der Waals surface area (Å²) in [5.41, 5.74) is 2.35. The minimum atomic E-state index is -3.02. The molecule has 27 heavy (non-hydrogen) atoms. The van der Waals surface area contributed by atoms with E-state index in [4.69, 9.17) is 14.0 Å². The lowest BCUT2D eigenvalue weighted by molar-refractivity contribution is 0.00578. The number of ether oxygens (including phenoxy) is 1. The van der Waals surface area contributed by atoms with Gasteiger partial charge in [-0.05, 0) is 90.5 Å². The van der Waals surface area contributed by atoms with Crippen molar-refractivity contribution in [2.75, 3.05) is 12.4 Å². The normalized spacial score (nSPS) is 18.9. The fraction of sp³-hybridized carbons (Fsp3) is 0.700. The van der Waals surface area contributed by atoms with Crippen molar-refractivity contribution in [1.29, 1.82) is 0 Å². The minimum Gasteiger partial charge on any atom is -0.494 e. The molecule has 0 amide bonds. The fourth-order valence-corrected chi connectivity index (χ4v) is 4.03. The van der Waals surface area contributed by atoms with Crippen molar-refractivity contribution in [2.45, 2.75) is 78.3 Å². The molecule has 0 bridgehead atoms. The number of sulfone groups is 1. The summed E-state index contributed by atoms with van der Waals surface area (Å²) in [6, 6.07) is 3.93. The first-order chi connectivity index (χ1) is 12.3. The number of hydrogen-bond donors (Lipinski definition) is 0. The predicted octanol–water partition coefficient (Wildman–Crippen LogP) is 3.19. The van der Waals surface area contributed by atoms with E-state index in [1.165, 1.54) is 0 Å². The molecule has 1 heterocycles. The summed E-state index contributed by atoms with van der Waals surface area (Å²) < 4.78 is 41.9. The van der Waals surface area contributed by atoms with Crippen LogP contribution in [0, 0.1) is 13.8 Å². The van der Waals surface area contributed by atoms with E-state index in [0.29, 0.717) is 13.0 Å². The molecule has 0 saturated carbocycles. The molecule has 0 N–H and O–H groups in total. The topological polar surface area (TPSA) is 61.8 Å². The van der Waals surface area contributed by atoms with Crippen molar-refractivity contribution in [3.8, 4) is 5.75 Å². The van der Waals surface area contributed by atoms with E-state index in [9.17, 15) is 8.42 Å². The average molecular weight is 396 g/mol. The zero-order valence-electron chi connectivity index (χ0n) is 17.9. The molecule has 1 aromatic rings. The molecule has 0 spiro atoms. The highest BCUT2D eigenvalue weighted by Crippen LogP contribution is 2.37. The molecule has 5 nitrogen and oxygen atoms in total. The summed E-state index contributed by atoms with van der Waals surface area (Å²) in [7, 11) is -3.42. The van der Waals surface area contributed by atoms with Gasteiger partial charge in [-0.25, -0.2) is 8.42 Å². The first-order valence-corrected chi connectivity index (χ1v) is 11.3. The number of hydrogen-bond acceptors (Lipinski definition) is 5. The molecule has 0 aliphatic carbocycles. The third-order valence-electron chi connectivity index (χ3n) is 5.62. The van der Waals surface area contributed by atoms with Crippen LogP contribution in [0.3, 0.4) is 0 Å². The van der Waals surface area contributed by atoms with Crippen molar-refractivity contribution in [3.05, 3.63) is 23.3 Å². The zero-order chi connectivity index (χ0) is 20.6. The molecular formula is C20H33BO5S. The lowest BCUT2D eigenvalue weighted by Crippen LogP contribution is -2.41. The molecule has 1 saturated heterocycles. The summed E-state index contributed by atoms with van der Waals surface area (Å²) in [5, 5.41) is -0.346. The quantitative estimate of drug-likeness (QED) is 0.523. The third-order valence-corrected chi connectivity index (χ3v) is 7.91. The van der Waals surface area contributed by atoms with Crippen LogP contribution in [0.4, 0.5) is 0 Å². The summed E-state index contributed by atoms with van der Waals surface area (Å²) in [6.07, 6.45) is 0.484. The predicted molar refractivity (Wildman–Crippen MR) is 111 cm³/mol. The van der Waals surface area contributed by atoms with Gasteiger partial charge in [-0.3, -0.25) is 0 Å². The van der Waals surface area contributed by atoms with Gasteiger partial charge >= 0.3 is 7.12 Å². The van der Waals surface area contributed by atoms with Crippen molar-refractivity contribution in [2.24, 2.45) is 0 Å². The Labute approximate surface area is 164 Å². The summed E-state index contributed by atoms with van der Waals surface area (Å²) in [5.74, 6) is 0.890. The number of benzene rings is 1. The summed E-state index contributed by atoms with van der Waals surface area (Å²) in [4.78, 5) is 0. The van der Waals surface area contributed by atoms with E-state index in [1.54, 1.807) is 13.8 Å².